The minimum Gasteiger partial charge on any atom is -0.308 e. The molecule has 1 aromatic carbocycles. The maximum atomic E-state index is 4.11. The van der Waals surface area contributed by atoms with Gasteiger partial charge in [-0.3, -0.25) is 4.68 Å². The fourth-order valence-corrected chi connectivity index (χ4v) is 2.33. The second kappa shape index (κ2) is 5.31. The molecule has 1 atom stereocenters. The van der Waals surface area contributed by atoms with E-state index in [4.69, 9.17) is 0 Å². The zero-order valence-electron chi connectivity index (χ0n) is 10.4. The predicted octanol–water partition coefficient (Wildman–Crippen LogP) is 2.02. The van der Waals surface area contributed by atoms with Gasteiger partial charge in [-0.25, -0.2) is 4.98 Å². The Morgan fingerprint density at radius 1 is 1.28 bits per heavy atom. The van der Waals surface area contributed by atoms with Gasteiger partial charge in [-0.05, 0) is 24.3 Å². The summed E-state index contributed by atoms with van der Waals surface area (Å²) in [6, 6.07) is 11.2. The summed E-state index contributed by atoms with van der Waals surface area (Å²) in [5.74, 6) is 0.808. The molecule has 0 aliphatic heterocycles. The summed E-state index contributed by atoms with van der Waals surface area (Å²) in [6.07, 6.45) is 6.03. The third-order valence-corrected chi connectivity index (χ3v) is 3.42. The Morgan fingerprint density at radius 3 is 2.78 bits per heavy atom. The van der Waals surface area contributed by atoms with Gasteiger partial charge in [0.2, 0.25) is 0 Å². The van der Waals surface area contributed by atoms with Crippen molar-refractivity contribution in [3.8, 4) is 0 Å². The fourth-order valence-electron chi connectivity index (χ4n) is 2.33. The molecule has 18 heavy (non-hydrogen) atoms. The lowest BCUT2D eigenvalue weighted by atomic mass is 10.0. The van der Waals surface area contributed by atoms with E-state index in [0.717, 1.165) is 19.0 Å². The van der Waals surface area contributed by atoms with Gasteiger partial charge in [0, 0.05) is 12.6 Å². The highest BCUT2D eigenvalue weighted by atomic mass is 15.3. The predicted molar refractivity (Wildman–Crippen MR) is 69.9 cm³/mol. The van der Waals surface area contributed by atoms with E-state index < -0.39 is 0 Å². The summed E-state index contributed by atoms with van der Waals surface area (Å²) < 4.78 is 1.86. The van der Waals surface area contributed by atoms with Crippen LogP contribution in [0.1, 0.15) is 24.4 Å². The summed E-state index contributed by atoms with van der Waals surface area (Å²) in [5.41, 5.74) is 1.40. The Bertz CT molecular complexity index is 462. The summed E-state index contributed by atoms with van der Waals surface area (Å²) in [7, 11) is 0. The summed E-state index contributed by atoms with van der Waals surface area (Å²) >= 11 is 0. The minimum absolute atomic E-state index is 0.495. The van der Waals surface area contributed by atoms with Crippen LogP contribution < -0.4 is 5.32 Å². The van der Waals surface area contributed by atoms with Crippen molar-refractivity contribution in [2.45, 2.75) is 25.4 Å². The fraction of sp³-hybridized carbons (Fsp3) is 0.429. The molecule has 1 aliphatic rings. The van der Waals surface area contributed by atoms with Gasteiger partial charge in [0.25, 0.3) is 0 Å². The average Bonchev–Trinajstić information content (AvgIpc) is 3.12. The molecule has 1 aliphatic carbocycles. The summed E-state index contributed by atoms with van der Waals surface area (Å²) in [4.78, 5) is 3.95. The maximum Gasteiger partial charge on any atom is 0.137 e. The number of hydrogen-bond acceptors (Lipinski definition) is 3. The van der Waals surface area contributed by atoms with Crippen LogP contribution in [0.4, 0.5) is 0 Å². The Balaban J connectivity index is 1.58. The van der Waals surface area contributed by atoms with E-state index in [1.807, 2.05) is 4.68 Å². The molecule has 2 aromatic rings. The molecule has 1 fully saturated rings. The number of aromatic nitrogens is 3. The quantitative estimate of drug-likeness (QED) is 0.842. The van der Waals surface area contributed by atoms with Crippen LogP contribution in [0.15, 0.2) is 43.0 Å². The lowest BCUT2D eigenvalue weighted by Crippen LogP contribution is -2.26. The molecule has 94 valence electrons. The SMILES string of the molecule is c1ccc(C(NCCn2cncn2)C2CC2)cc1. The maximum absolute atomic E-state index is 4.11. The molecule has 1 saturated carbocycles. The van der Waals surface area contributed by atoms with E-state index in [9.17, 15) is 0 Å². The van der Waals surface area contributed by atoms with Gasteiger partial charge in [-0.1, -0.05) is 30.3 Å². The van der Waals surface area contributed by atoms with Gasteiger partial charge in [0.1, 0.15) is 12.7 Å². The van der Waals surface area contributed by atoms with Crippen molar-refractivity contribution < 1.29 is 0 Å². The third kappa shape index (κ3) is 2.76. The molecular formula is C14H18N4. The van der Waals surface area contributed by atoms with E-state index in [1.165, 1.54) is 18.4 Å². The molecule has 3 rings (SSSR count). The van der Waals surface area contributed by atoms with Crippen molar-refractivity contribution in [2.24, 2.45) is 5.92 Å². The minimum atomic E-state index is 0.495. The lowest BCUT2D eigenvalue weighted by molar-refractivity contribution is 0.450. The second-order valence-electron chi connectivity index (χ2n) is 4.84. The lowest BCUT2D eigenvalue weighted by Gasteiger charge is -2.18. The van der Waals surface area contributed by atoms with E-state index in [0.29, 0.717) is 6.04 Å². The van der Waals surface area contributed by atoms with Crippen molar-refractivity contribution in [3.63, 3.8) is 0 Å². The van der Waals surface area contributed by atoms with Gasteiger partial charge in [0.15, 0.2) is 0 Å². The Kier molecular flexibility index (Phi) is 3.37. The zero-order valence-corrected chi connectivity index (χ0v) is 10.4. The monoisotopic (exact) mass is 242 g/mol. The van der Waals surface area contributed by atoms with Crippen LogP contribution in [0.5, 0.6) is 0 Å². The van der Waals surface area contributed by atoms with E-state index in [2.05, 4.69) is 45.7 Å². The topological polar surface area (TPSA) is 42.7 Å². The number of rotatable bonds is 6. The van der Waals surface area contributed by atoms with Crippen molar-refractivity contribution in [2.75, 3.05) is 6.54 Å². The first-order valence-corrected chi connectivity index (χ1v) is 6.54. The zero-order chi connectivity index (χ0) is 12.2. The normalized spacial score (nSPS) is 16.7. The molecule has 0 radical (unpaired) electrons. The van der Waals surface area contributed by atoms with Crippen molar-refractivity contribution >= 4 is 0 Å². The van der Waals surface area contributed by atoms with Crippen LogP contribution in [0.3, 0.4) is 0 Å². The van der Waals surface area contributed by atoms with Gasteiger partial charge < -0.3 is 5.32 Å². The molecule has 1 unspecified atom stereocenters. The molecule has 0 saturated heterocycles. The van der Waals surface area contributed by atoms with Crippen molar-refractivity contribution in [1.82, 2.24) is 20.1 Å². The number of benzene rings is 1. The second-order valence-corrected chi connectivity index (χ2v) is 4.84. The average molecular weight is 242 g/mol. The largest absolute Gasteiger partial charge is 0.308 e. The first-order valence-electron chi connectivity index (χ1n) is 6.54. The highest BCUT2D eigenvalue weighted by molar-refractivity contribution is 5.21. The van der Waals surface area contributed by atoms with E-state index in [1.54, 1.807) is 12.7 Å². The first kappa shape index (κ1) is 11.4. The standard InChI is InChI=1S/C14H18N4/c1-2-4-12(5-3-1)14(13-6-7-13)16-8-9-18-11-15-10-17-18/h1-5,10-11,13-14,16H,6-9H2. The molecule has 4 heteroatoms. The van der Waals surface area contributed by atoms with E-state index in [-0.39, 0.29) is 0 Å². The van der Waals surface area contributed by atoms with Crippen LogP contribution in [0, 0.1) is 5.92 Å². The Morgan fingerprint density at radius 2 is 2.11 bits per heavy atom. The third-order valence-electron chi connectivity index (χ3n) is 3.42. The van der Waals surface area contributed by atoms with Crippen molar-refractivity contribution in [1.29, 1.82) is 0 Å². The number of hydrogen-bond donors (Lipinski definition) is 1. The molecular weight excluding hydrogens is 224 g/mol. The summed E-state index contributed by atoms with van der Waals surface area (Å²) in [6.45, 7) is 1.80. The molecule has 1 N–H and O–H groups in total. The number of nitrogens with zero attached hydrogens (tertiary/aromatic N) is 3. The molecule has 0 bridgehead atoms. The molecule has 1 heterocycles. The molecule has 0 spiro atoms. The highest BCUT2D eigenvalue weighted by Gasteiger charge is 2.31. The van der Waals surface area contributed by atoms with Crippen molar-refractivity contribution in [3.05, 3.63) is 48.5 Å². The van der Waals surface area contributed by atoms with Crippen LogP contribution in [-0.4, -0.2) is 21.3 Å². The first-order chi connectivity index (χ1) is 8.93. The van der Waals surface area contributed by atoms with Gasteiger partial charge in [-0.2, -0.15) is 5.10 Å². The Labute approximate surface area is 107 Å². The smallest absolute Gasteiger partial charge is 0.137 e. The Hall–Kier alpha value is -1.68. The van der Waals surface area contributed by atoms with E-state index >= 15 is 0 Å². The van der Waals surface area contributed by atoms with Gasteiger partial charge in [-0.15, -0.1) is 0 Å². The molecule has 1 aromatic heterocycles. The van der Waals surface area contributed by atoms with Crippen LogP contribution in [-0.2, 0) is 6.54 Å². The number of nitrogens with one attached hydrogen (secondary N) is 1. The molecule has 4 nitrogen and oxygen atoms in total. The molecule has 0 amide bonds. The van der Waals surface area contributed by atoms with Gasteiger partial charge in [0.05, 0.1) is 6.54 Å². The van der Waals surface area contributed by atoms with Crippen LogP contribution in [0.2, 0.25) is 0 Å². The highest BCUT2D eigenvalue weighted by Crippen LogP contribution is 2.40. The van der Waals surface area contributed by atoms with Crippen LogP contribution >= 0.6 is 0 Å². The van der Waals surface area contributed by atoms with Crippen LogP contribution in [0.25, 0.3) is 0 Å². The summed E-state index contributed by atoms with van der Waals surface area (Å²) in [5, 5.41) is 7.76. The van der Waals surface area contributed by atoms with Gasteiger partial charge >= 0.3 is 0 Å².